The molecule has 2 aromatic carbocycles. The number of rotatable bonds is 3. The van der Waals surface area contributed by atoms with Crippen LogP contribution in [0.4, 0.5) is 8.78 Å². The summed E-state index contributed by atoms with van der Waals surface area (Å²) in [5.41, 5.74) is 0.708. The Kier molecular flexibility index (Phi) is 3.93. The van der Waals surface area contributed by atoms with E-state index in [0.29, 0.717) is 15.8 Å². The Morgan fingerprint density at radius 1 is 1.06 bits per heavy atom. The van der Waals surface area contributed by atoms with E-state index in [-0.39, 0.29) is 12.4 Å². The average Bonchev–Trinajstić information content (AvgIpc) is 2.30. The van der Waals surface area contributed by atoms with Gasteiger partial charge >= 0.3 is 0 Å². The molecule has 2 rings (SSSR count). The highest BCUT2D eigenvalue weighted by molar-refractivity contribution is 9.10. The molecule has 0 unspecified atom stereocenters. The van der Waals surface area contributed by atoms with Gasteiger partial charge in [0.25, 0.3) is 0 Å². The second-order valence-electron chi connectivity index (χ2n) is 3.63. The molecule has 0 aliphatic heterocycles. The highest BCUT2D eigenvalue weighted by atomic mass is 79.9. The second-order valence-corrected chi connectivity index (χ2v) is 4.48. The van der Waals surface area contributed by atoms with Crippen molar-refractivity contribution in [3.63, 3.8) is 0 Å². The highest BCUT2D eigenvalue weighted by Crippen LogP contribution is 2.31. The zero-order valence-electron chi connectivity index (χ0n) is 9.16. The van der Waals surface area contributed by atoms with Crippen molar-refractivity contribution in [2.45, 2.75) is 6.61 Å². The summed E-state index contributed by atoms with van der Waals surface area (Å²) in [7, 11) is 0. The van der Waals surface area contributed by atoms with Crippen LogP contribution < -0.4 is 4.74 Å². The van der Waals surface area contributed by atoms with Crippen LogP contribution in [0.2, 0.25) is 0 Å². The SMILES string of the molecule is OCc1ccc(Oc2cc(F)cc(F)c2)c(Br)c1. The molecule has 0 amide bonds. The minimum Gasteiger partial charge on any atom is -0.456 e. The van der Waals surface area contributed by atoms with Crippen LogP contribution in [0.25, 0.3) is 0 Å². The molecule has 1 N–H and O–H groups in total. The summed E-state index contributed by atoms with van der Waals surface area (Å²) in [4.78, 5) is 0. The zero-order chi connectivity index (χ0) is 13.1. The van der Waals surface area contributed by atoms with Crippen LogP contribution >= 0.6 is 15.9 Å². The fourth-order valence-electron chi connectivity index (χ4n) is 1.44. The summed E-state index contributed by atoms with van der Waals surface area (Å²) in [6, 6.07) is 7.90. The average molecular weight is 315 g/mol. The van der Waals surface area contributed by atoms with Gasteiger partial charge in [-0.05, 0) is 33.6 Å². The Labute approximate surface area is 111 Å². The number of ether oxygens (including phenoxy) is 1. The van der Waals surface area contributed by atoms with E-state index >= 15 is 0 Å². The van der Waals surface area contributed by atoms with Crippen LogP contribution in [0.3, 0.4) is 0 Å². The van der Waals surface area contributed by atoms with Crippen LogP contribution in [-0.2, 0) is 6.61 Å². The van der Waals surface area contributed by atoms with Gasteiger partial charge in [-0.25, -0.2) is 8.78 Å². The maximum Gasteiger partial charge on any atom is 0.141 e. The molecule has 2 nitrogen and oxygen atoms in total. The zero-order valence-corrected chi connectivity index (χ0v) is 10.7. The molecule has 0 aromatic heterocycles. The minimum absolute atomic E-state index is 0.0740. The summed E-state index contributed by atoms with van der Waals surface area (Å²) in [6.45, 7) is -0.0898. The highest BCUT2D eigenvalue weighted by Gasteiger charge is 2.06. The van der Waals surface area contributed by atoms with Gasteiger partial charge in [-0.2, -0.15) is 0 Å². The molecule has 0 atom stereocenters. The van der Waals surface area contributed by atoms with Crippen LogP contribution in [-0.4, -0.2) is 5.11 Å². The van der Waals surface area contributed by atoms with Crippen LogP contribution in [0.15, 0.2) is 40.9 Å². The molecule has 0 spiro atoms. The molecule has 0 heterocycles. The predicted molar refractivity (Wildman–Crippen MR) is 66.5 cm³/mol. The number of aliphatic hydroxyl groups is 1. The first kappa shape index (κ1) is 13.0. The molecule has 0 fully saturated rings. The van der Waals surface area contributed by atoms with Crippen molar-refractivity contribution < 1.29 is 18.6 Å². The summed E-state index contributed by atoms with van der Waals surface area (Å²) in [5, 5.41) is 8.95. The summed E-state index contributed by atoms with van der Waals surface area (Å²) < 4.78 is 31.9. The summed E-state index contributed by atoms with van der Waals surface area (Å²) in [5.74, 6) is -0.914. The quantitative estimate of drug-likeness (QED) is 0.927. The minimum atomic E-state index is -0.701. The number of hydrogen-bond acceptors (Lipinski definition) is 2. The van der Waals surface area contributed by atoms with Gasteiger partial charge in [0.05, 0.1) is 11.1 Å². The number of benzene rings is 2. The van der Waals surface area contributed by atoms with E-state index in [9.17, 15) is 8.78 Å². The Balaban J connectivity index is 2.28. The predicted octanol–water partition coefficient (Wildman–Crippen LogP) is 4.01. The van der Waals surface area contributed by atoms with Crippen molar-refractivity contribution in [2.24, 2.45) is 0 Å². The Hall–Kier alpha value is -1.46. The molecule has 94 valence electrons. The lowest BCUT2D eigenvalue weighted by Crippen LogP contribution is -1.90. The number of hydrogen-bond donors (Lipinski definition) is 1. The van der Waals surface area contributed by atoms with Gasteiger partial charge in [-0.1, -0.05) is 6.07 Å². The van der Waals surface area contributed by atoms with Gasteiger partial charge in [0.2, 0.25) is 0 Å². The molecule has 0 bridgehead atoms. The normalized spacial score (nSPS) is 10.4. The first-order chi connectivity index (χ1) is 8.58. The van der Waals surface area contributed by atoms with E-state index in [0.717, 1.165) is 18.2 Å². The van der Waals surface area contributed by atoms with E-state index in [1.807, 2.05) is 0 Å². The molecule has 0 aliphatic carbocycles. The maximum absolute atomic E-state index is 13.0. The van der Waals surface area contributed by atoms with Gasteiger partial charge in [0.1, 0.15) is 23.1 Å². The fraction of sp³-hybridized carbons (Fsp3) is 0.0769. The van der Waals surface area contributed by atoms with Crippen molar-refractivity contribution >= 4 is 15.9 Å². The van der Waals surface area contributed by atoms with Gasteiger partial charge in [0.15, 0.2) is 0 Å². The van der Waals surface area contributed by atoms with Gasteiger partial charge in [-0.3, -0.25) is 0 Å². The maximum atomic E-state index is 13.0. The van der Waals surface area contributed by atoms with Gasteiger partial charge < -0.3 is 9.84 Å². The van der Waals surface area contributed by atoms with Gasteiger partial charge in [-0.15, -0.1) is 0 Å². The van der Waals surface area contributed by atoms with E-state index in [2.05, 4.69) is 15.9 Å². The van der Waals surface area contributed by atoms with Crippen LogP contribution in [0.5, 0.6) is 11.5 Å². The fourth-order valence-corrected chi connectivity index (χ4v) is 1.95. The van der Waals surface area contributed by atoms with Crippen molar-refractivity contribution in [3.05, 3.63) is 58.1 Å². The first-order valence-electron chi connectivity index (χ1n) is 5.12. The molecule has 0 saturated carbocycles. The third-order valence-electron chi connectivity index (χ3n) is 2.24. The first-order valence-corrected chi connectivity index (χ1v) is 5.91. The molecule has 0 radical (unpaired) electrons. The van der Waals surface area contributed by atoms with E-state index in [1.54, 1.807) is 18.2 Å². The second kappa shape index (κ2) is 5.46. The van der Waals surface area contributed by atoms with Gasteiger partial charge in [0, 0.05) is 18.2 Å². The third kappa shape index (κ3) is 3.05. The van der Waals surface area contributed by atoms with Crippen molar-refractivity contribution in [2.75, 3.05) is 0 Å². The number of halogens is 3. The molecule has 0 saturated heterocycles. The monoisotopic (exact) mass is 314 g/mol. The molecular weight excluding hydrogens is 306 g/mol. The van der Waals surface area contributed by atoms with E-state index in [1.165, 1.54) is 0 Å². The largest absolute Gasteiger partial charge is 0.456 e. The standard InChI is InChI=1S/C13H9BrF2O2/c14-12-3-8(7-17)1-2-13(12)18-11-5-9(15)4-10(16)6-11/h1-6,17H,7H2. The smallest absolute Gasteiger partial charge is 0.141 e. The lowest BCUT2D eigenvalue weighted by atomic mass is 10.2. The van der Waals surface area contributed by atoms with Crippen LogP contribution in [0.1, 0.15) is 5.56 Å². The van der Waals surface area contributed by atoms with E-state index < -0.39 is 11.6 Å². The summed E-state index contributed by atoms with van der Waals surface area (Å²) in [6.07, 6.45) is 0. The van der Waals surface area contributed by atoms with Crippen molar-refractivity contribution in [1.82, 2.24) is 0 Å². The Bertz CT molecular complexity index is 553. The molecule has 5 heteroatoms. The molecular formula is C13H9BrF2O2. The summed E-state index contributed by atoms with van der Waals surface area (Å²) >= 11 is 3.26. The lowest BCUT2D eigenvalue weighted by molar-refractivity contribution is 0.281. The van der Waals surface area contributed by atoms with Crippen LogP contribution in [0, 0.1) is 11.6 Å². The Morgan fingerprint density at radius 3 is 2.28 bits per heavy atom. The Morgan fingerprint density at radius 2 is 1.72 bits per heavy atom. The molecule has 0 aliphatic rings. The van der Waals surface area contributed by atoms with E-state index in [4.69, 9.17) is 9.84 Å². The topological polar surface area (TPSA) is 29.5 Å². The molecule has 18 heavy (non-hydrogen) atoms. The van der Waals surface area contributed by atoms with Crippen molar-refractivity contribution in [1.29, 1.82) is 0 Å². The van der Waals surface area contributed by atoms with Crippen molar-refractivity contribution in [3.8, 4) is 11.5 Å². The lowest BCUT2D eigenvalue weighted by Gasteiger charge is -2.09. The number of aliphatic hydroxyl groups excluding tert-OH is 1. The molecule has 2 aromatic rings. The third-order valence-corrected chi connectivity index (χ3v) is 2.86.